The van der Waals surface area contributed by atoms with Crippen molar-refractivity contribution in [3.05, 3.63) is 16.6 Å². The van der Waals surface area contributed by atoms with Gasteiger partial charge in [-0.3, -0.25) is 4.98 Å². The lowest BCUT2D eigenvalue weighted by atomic mass is 10.5. The Hall–Kier alpha value is -0.410. The predicted molar refractivity (Wildman–Crippen MR) is 42.0 cm³/mol. The zero-order chi connectivity index (χ0) is 7.40. The maximum absolute atomic E-state index is 5.36. The molecule has 0 radical (unpaired) electrons. The molecular weight excluding hydrogens is 146 g/mol. The number of nitrogens with zero attached hydrogens (tertiary/aromatic N) is 1. The van der Waals surface area contributed by atoms with Crippen LogP contribution in [0.5, 0.6) is 0 Å². The predicted octanol–water partition coefficient (Wildman–Crippen LogP) is 2.07. The van der Waals surface area contributed by atoms with Gasteiger partial charge in [-0.2, -0.15) is 0 Å². The van der Waals surface area contributed by atoms with E-state index in [2.05, 4.69) is 4.98 Å². The summed E-state index contributed by atoms with van der Waals surface area (Å²) in [6.07, 6.45) is 2.15. The fourth-order valence-corrected chi connectivity index (χ4v) is 1.08. The van der Waals surface area contributed by atoms with Gasteiger partial charge in [0.15, 0.2) is 0 Å². The second-order valence-electron chi connectivity index (χ2n) is 2.33. The van der Waals surface area contributed by atoms with Crippen molar-refractivity contribution in [2.75, 3.05) is 0 Å². The van der Waals surface area contributed by atoms with Crippen molar-refractivity contribution in [1.82, 2.24) is 4.98 Å². The molecule has 3 heteroatoms. The first-order valence-electron chi connectivity index (χ1n) is 3.28. The van der Waals surface area contributed by atoms with Crippen molar-refractivity contribution in [1.29, 1.82) is 0 Å². The molecule has 2 nitrogen and oxygen atoms in total. The highest BCUT2D eigenvalue weighted by atomic mass is 32.1. The summed E-state index contributed by atoms with van der Waals surface area (Å²) in [6.45, 7) is 4.75. The van der Waals surface area contributed by atoms with E-state index in [1.165, 1.54) is 4.88 Å². The molecule has 1 heterocycles. The van der Waals surface area contributed by atoms with E-state index in [1.54, 1.807) is 11.3 Å². The first-order valence-corrected chi connectivity index (χ1v) is 4.16. The van der Waals surface area contributed by atoms with E-state index in [0.29, 0.717) is 12.7 Å². The fourth-order valence-electron chi connectivity index (χ4n) is 0.562. The van der Waals surface area contributed by atoms with E-state index < -0.39 is 0 Å². The smallest absolute Gasteiger partial charge is 0.0828 e. The van der Waals surface area contributed by atoms with Gasteiger partial charge in [0.1, 0.15) is 0 Å². The molecule has 1 aromatic heterocycles. The average molecular weight is 157 g/mol. The maximum Gasteiger partial charge on any atom is 0.0828 e. The van der Waals surface area contributed by atoms with E-state index in [-0.39, 0.29) is 0 Å². The van der Waals surface area contributed by atoms with Gasteiger partial charge < -0.3 is 4.74 Å². The number of hydrogen-bond acceptors (Lipinski definition) is 3. The summed E-state index contributed by atoms with van der Waals surface area (Å²) < 4.78 is 5.36. The zero-order valence-electron chi connectivity index (χ0n) is 6.20. The molecule has 0 aromatic carbocycles. The molecule has 1 rings (SSSR count). The summed E-state index contributed by atoms with van der Waals surface area (Å²) in [4.78, 5) is 5.13. The van der Waals surface area contributed by atoms with Crippen LogP contribution in [0.25, 0.3) is 0 Å². The van der Waals surface area contributed by atoms with Crippen LogP contribution in [0, 0.1) is 0 Å². The molecular formula is C7H11NOS. The molecule has 0 bridgehead atoms. The number of rotatable bonds is 3. The Balaban J connectivity index is 2.28. The van der Waals surface area contributed by atoms with Crippen molar-refractivity contribution in [2.24, 2.45) is 0 Å². The number of ether oxygens (including phenoxy) is 1. The Kier molecular flexibility index (Phi) is 2.83. The number of aromatic nitrogens is 1. The quantitative estimate of drug-likeness (QED) is 0.670. The third kappa shape index (κ3) is 2.45. The topological polar surface area (TPSA) is 22.1 Å². The summed E-state index contributed by atoms with van der Waals surface area (Å²) in [5, 5.41) is 0. The van der Waals surface area contributed by atoms with Crippen LogP contribution in [0.1, 0.15) is 18.7 Å². The highest BCUT2D eigenvalue weighted by Crippen LogP contribution is 2.07. The van der Waals surface area contributed by atoms with Gasteiger partial charge in [0.2, 0.25) is 0 Å². The van der Waals surface area contributed by atoms with E-state index in [4.69, 9.17) is 4.74 Å². The van der Waals surface area contributed by atoms with Gasteiger partial charge in [0.25, 0.3) is 0 Å². The Morgan fingerprint density at radius 1 is 1.70 bits per heavy atom. The molecule has 0 spiro atoms. The molecule has 0 atom stereocenters. The third-order valence-corrected chi connectivity index (χ3v) is 1.80. The van der Waals surface area contributed by atoms with Crippen LogP contribution in [0.4, 0.5) is 0 Å². The van der Waals surface area contributed by atoms with E-state index >= 15 is 0 Å². The second-order valence-corrected chi connectivity index (χ2v) is 3.30. The zero-order valence-corrected chi connectivity index (χ0v) is 7.02. The van der Waals surface area contributed by atoms with Crippen molar-refractivity contribution >= 4 is 11.3 Å². The third-order valence-electron chi connectivity index (χ3n) is 1.04. The Labute approximate surface area is 64.9 Å². The highest BCUT2D eigenvalue weighted by Gasteiger charge is 1.95. The Morgan fingerprint density at radius 3 is 3.00 bits per heavy atom. The molecule has 0 fully saturated rings. The minimum absolute atomic E-state index is 0.307. The lowest BCUT2D eigenvalue weighted by molar-refractivity contribution is 0.0673. The van der Waals surface area contributed by atoms with E-state index in [1.807, 2.05) is 25.6 Å². The second kappa shape index (κ2) is 3.68. The molecule has 0 aliphatic heterocycles. The number of thiazole rings is 1. The van der Waals surface area contributed by atoms with Crippen molar-refractivity contribution < 1.29 is 4.74 Å². The first-order chi connectivity index (χ1) is 4.79. The summed E-state index contributed by atoms with van der Waals surface area (Å²) in [5.41, 5.74) is 1.82. The molecule has 0 amide bonds. The van der Waals surface area contributed by atoms with Crippen LogP contribution in [0.3, 0.4) is 0 Å². The summed E-state index contributed by atoms with van der Waals surface area (Å²) >= 11 is 1.63. The first kappa shape index (κ1) is 7.69. The summed E-state index contributed by atoms with van der Waals surface area (Å²) in [5.74, 6) is 0. The van der Waals surface area contributed by atoms with Gasteiger partial charge in [0, 0.05) is 6.20 Å². The van der Waals surface area contributed by atoms with E-state index in [9.17, 15) is 0 Å². The number of hydrogen-bond donors (Lipinski definition) is 0. The monoisotopic (exact) mass is 157 g/mol. The van der Waals surface area contributed by atoms with Crippen LogP contribution < -0.4 is 0 Å². The summed E-state index contributed by atoms with van der Waals surface area (Å²) in [7, 11) is 0. The van der Waals surface area contributed by atoms with Gasteiger partial charge in [-0.15, -0.1) is 11.3 Å². The fraction of sp³-hybridized carbons (Fsp3) is 0.571. The lowest BCUT2D eigenvalue weighted by Crippen LogP contribution is -2.00. The van der Waals surface area contributed by atoms with Crippen LogP contribution in [-0.4, -0.2) is 11.1 Å². The normalized spacial score (nSPS) is 10.7. The standard InChI is InChI=1S/C7H11NOS/c1-6(2)9-4-7-3-8-5-10-7/h3,5-6H,4H2,1-2H3. The molecule has 10 heavy (non-hydrogen) atoms. The van der Waals surface area contributed by atoms with Gasteiger partial charge in [-0.05, 0) is 13.8 Å². The minimum Gasteiger partial charge on any atom is -0.373 e. The van der Waals surface area contributed by atoms with Crippen LogP contribution in [-0.2, 0) is 11.3 Å². The van der Waals surface area contributed by atoms with Gasteiger partial charge >= 0.3 is 0 Å². The Morgan fingerprint density at radius 2 is 2.50 bits per heavy atom. The molecule has 0 saturated carbocycles. The lowest BCUT2D eigenvalue weighted by Gasteiger charge is -2.03. The van der Waals surface area contributed by atoms with Crippen LogP contribution in [0.2, 0.25) is 0 Å². The SMILES string of the molecule is CC(C)OCc1cncs1. The summed E-state index contributed by atoms with van der Waals surface area (Å²) in [6, 6.07) is 0. The largest absolute Gasteiger partial charge is 0.373 e. The average Bonchev–Trinajstić information content (AvgIpc) is 2.34. The van der Waals surface area contributed by atoms with Crippen LogP contribution in [0.15, 0.2) is 11.7 Å². The van der Waals surface area contributed by atoms with Gasteiger partial charge in [-0.25, -0.2) is 0 Å². The Bertz CT molecular complexity index is 172. The molecule has 1 aromatic rings. The van der Waals surface area contributed by atoms with Gasteiger partial charge in [-0.1, -0.05) is 0 Å². The molecule has 0 N–H and O–H groups in total. The van der Waals surface area contributed by atoms with Crippen molar-refractivity contribution in [3.63, 3.8) is 0 Å². The molecule has 56 valence electrons. The maximum atomic E-state index is 5.36. The highest BCUT2D eigenvalue weighted by molar-refractivity contribution is 7.09. The molecule has 0 saturated heterocycles. The minimum atomic E-state index is 0.307. The van der Waals surface area contributed by atoms with Gasteiger partial charge in [0.05, 0.1) is 23.1 Å². The van der Waals surface area contributed by atoms with Crippen molar-refractivity contribution in [3.8, 4) is 0 Å². The molecule has 0 aliphatic rings. The van der Waals surface area contributed by atoms with E-state index in [0.717, 1.165) is 0 Å². The van der Waals surface area contributed by atoms with Crippen molar-refractivity contribution in [2.45, 2.75) is 26.6 Å². The molecule has 0 unspecified atom stereocenters. The molecule has 0 aliphatic carbocycles. The van der Waals surface area contributed by atoms with Crippen LogP contribution >= 0.6 is 11.3 Å².